The minimum atomic E-state index is 0.00989. The van der Waals surface area contributed by atoms with E-state index in [4.69, 9.17) is 0 Å². The SMILES string of the molecule is CCCCN(C)CC1CCN(C(=O)CNC(C)(C)C)CC1. The zero-order valence-electron chi connectivity index (χ0n) is 14.7. The number of nitrogens with one attached hydrogen (secondary N) is 1. The third-order valence-corrected chi connectivity index (χ3v) is 4.20. The van der Waals surface area contributed by atoms with Crippen LogP contribution in [-0.2, 0) is 4.79 Å². The van der Waals surface area contributed by atoms with Gasteiger partial charge in [-0.3, -0.25) is 4.79 Å². The lowest BCUT2D eigenvalue weighted by Crippen LogP contribution is -2.47. The summed E-state index contributed by atoms with van der Waals surface area (Å²) in [6.07, 6.45) is 4.85. The maximum absolute atomic E-state index is 12.2. The molecule has 1 aliphatic rings. The van der Waals surface area contributed by atoms with Crippen molar-refractivity contribution in [3.63, 3.8) is 0 Å². The fourth-order valence-corrected chi connectivity index (χ4v) is 2.78. The van der Waals surface area contributed by atoms with Crippen LogP contribution >= 0.6 is 0 Å². The zero-order valence-corrected chi connectivity index (χ0v) is 14.7. The van der Waals surface area contributed by atoms with Crippen LogP contribution in [0.2, 0.25) is 0 Å². The Balaban J connectivity index is 2.23. The van der Waals surface area contributed by atoms with Crippen molar-refractivity contribution in [2.45, 2.75) is 58.9 Å². The molecular weight excluding hydrogens is 262 g/mol. The summed E-state index contributed by atoms with van der Waals surface area (Å²) in [4.78, 5) is 16.6. The van der Waals surface area contributed by atoms with Crippen LogP contribution < -0.4 is 5.32 Å². The predicted octanol–water partition coefficient (Wildman–Crippen LogP) is 2.34. The first-order valence-corrected chi connectivity index (χ1v) is 8.53. The quantitative estimate of drug-likeness (QED) is 0.783. The van der Waals surface area contributed by atoms with Crippen LogP contribution in [0.4, 0.5) is 0 Å². The van der Waals surface area contributed by atoms with Gasteiger partial charge in [0.05, 0.1) is 6.54 Å². The van der Waals surface area contributed by atoms with Crippen LogP contribution in [0.1, 0.15) is 53.4 Å². The topological polar surface area (TPSA) is 35.6 Å². The molecule has 0 aromatic carbocycles. The van der Waals surface area contributed by atoms with Crippen LogP contribution in [0.5, 0.6) is 0 Å². The highest BCUT2D eigenvalue weighted by Gasteiger charge is 2.24. The number of rotatable bonds is 7. The lowest BCUT2D eigenvalue weighted by atomic mass is 9.96. The molecule has 0 aliphatic carbocycles. The van der Waals surface area contributed by atoms with E-state index in [1.165, 1.54) is 25.9 Å². The lowest BCUT2D eigenvalue weighted by molar-refractivity contribution is -0.132. The Morgan fingerprint density at radius 1 is 1.29 bits per heavy atom. The van der Waals surface area contributed by atoms with Crippen LogP contribution in [0.3, 0.4) is 0 Å². The Labute approximate surface area is 131 Å². The molecule has 0 unspecified atom stereocenters. The van der Waals surface area contributed by atoms with E-state index >= 15 is 0 Å². The average molecular weight is 297 g/mol. The third-order valence-electron chi connectivity index (χ3n) is 4.20. The summed E-state index contributed by atoms with van der Waals surface area (Å²) in [7, 11) is 2.22. The summed E-state index contributed by atoms with van der Waals surface area (Å²) in [5, 5.41) is 3.29. The van der Waals surface area contributed by atoms with E-state index in [0.717, 1.165) is 31.8 Å². The highest BCUT2D eigenvalue weighted by Crippen LogP contribution is 2.18. The number of unbranched alkanes of at least 4 members (excludes halogenated alkanes) is 1. The first-order chi connectivity index (χ1) is 9.81. The molecule has 4 heteroatoms. The van der Waals surface area contributed by atoms with Gasteiger partial charge in [-0.1, -0.05) is 13.3 Å². The molecule has 0 aromatic rings. The first-order valence-electron chi connectivity index (χ1n) is 8.53. The van der Waals surface area contributed by atoms with Gasteiger partial charge < -0.3 is 15.1 Å². The molecule has 21 heavy (non-hydrogen) atoms. The molecule has 1 rings (SSSR count). The molecule has 0 atom stereocenters. The van der Waals surface area contributed by atoms with Gasteiger partial charge in [-0.15, -0.1) is 0 Å². The smallest absolute Gasteiger partial charge is 0.236 e. The van der Waals surface area contributed by atoms with Gasteiger partial charge in [-0.25, -0.2) is 0 Å². The number of amides is 1. The van der Waals surface area contributed by atoms with Crippen molar-refractivity contribution in [3.05, 3.63) is 0 Å². The Morgan fingerprint density at radius 2 is 1.90 bits per heavy atom. The lowest BCUT2D eigenvalue weighted by Gasteiger charge is -2.34. The van der Waals surface area contributed by atoms with Gasteiger partial charge in [0.2, 0.25) is 5.91 Å². The molecule has 1 aliphatic heterocycles. The Morgan fingerprint density at radius 3 is 2.43 bits per heavy atom. The molecule has 0 saturated carbocycles. The third kappa shape index (κ3) is 7.82. The van der Waals surface area contributed by atoms with Crippen molar-refractivity contribution in [3.8, 4) is 0 Å². The fraction of sp³-hybridized carbons (Fsp3) is 0.941. The number of nitrogens with zero attached hydrogens (tertiary/aromatic N) is 2. The molecule has 0 radical (unpaired) electrons. The maximum atomic E-state index is 12.2. The second-order valence-corrected chi connectivity index (χ2v) is 7.54. The average Bonchev–Trinajstić information content (AvgIpc) is 2.42. The van der Waals surface area contributed by atoms with Gasteiger partial charge in [0, 0.05) is 25.2 Å². The standard InChI is InChI=1S/C17H35N3O/c1-6-7-10-19(5)14-15-8-11-20(12-9-15)16(21)13-18-17(2,3)4/h15,18H,6-14H2,1-5H3. The minimum Gasteiger partial charge on any atom is -0.342 e. The molecule has 1 heterocycles. The maximum Gasteiger partial charge on any atom is 0.236 e. The number of hydrogen-bond acceptors (Lipinski definition) is 3. The number of carbonyl (C=O) groups is 1. The number of piperidine rings is 1. The van der Waals surface area contributed by atoms with Gasteiger partial charge in [0.25, 0.3) is 0 Å². The van der Waals surface area contributed by atoms with Gasteiger partial charge >= 0.3 is 0 Å². The van der Waals surface area contributed by atoms with Crippen molar-refractivity contribution >= 4 is 5.91 Å². The van der Waals surface area contributed by atoms with Crippen molar-refractivity contribution in [2.24, 2.45) is 5.92 Å². The second kappa shape index (κ2) is 8.74. The monoisotopic (exact) mass is 297 g/mol. The van der Waals surface area contributed by atoms with E-state index in [2.05, 4.69) is 45.0 Å². The molecule has 0 aromatic heterocycles. The highest BCUT2D eigenvalue weighted by atomic mass is 16.2. The van der Waals surface area contributed by atoms with Crippen molar-refractivity contribution in [1.82, 2.24) is 15.1 Å². The number of hydrogen-bond donors (Lipinski definition) is 1. The first kappa shape index (κ1) is 18.4. The minimum absolute atomic E-state index is 0.00989. The number of likely N-dealkylation sites (tertiary alicyclic amines) is 1. The molecule has 1 N–H and O–H groups in total. The van der Waals surface area contributed by atoms with Crippen LogP contribution in [0.25, 0.3) is 0 Å². The van der Waals surface area contributed by atoms with E-state index < -0.39 is 0 Å². The summed E-state index contributed by atoms with van der Waals surface area (Å²) in [6, 6.07) is 0. The van der Waals surface area contributed by atoms with E-state index in [-0.39, 0.29) is 11.4 Å². The summed E-state index contributed by atoms with van der Waals surface area (Å²) in [5.74, 6) is 1.01. The fourth-order valence-electron chi connectivity index (χ4n) is 2.78. The van der Waals surface area contributed by atoms with E-state index in [9.17, 15) is 4.79 Å². The van der Waals surface area contributed by atoms with Gasteiger partial charge in [-0.05, 0) is 59.5 Å². The summed E-state index contributed by atoms with van der Waals surface area (Å²) < 4.78 is 0. The molecule has 0 spiro atoms. The Hall–Kier alpha value is -0.610. The molecular formula is C17H35N3O. The van der Waals surface area contributed by atoms with Gasteiger partial charge in [0.15, 0.2) is 0 Å². The zero-order chi connectivity index (χ0) is 15.9. The van der Waals surface area contributed by atoms with E-state index in [1.807, 2.05) is 4.90 Å². The molecule has 1 fully saturated rings. The Kier molecular flexibility index (Phi) is 7.67. The van der Waals surface area contributed by atoms with Gasteiger partial charge in [-0.2, -0.15) is 0 Å². The predicted molar refractivity (Wildman–Crippen MR) is 89.5 cm³/mol. The molecule has 0 bridgehead atoms. The summed E-state index contributed by atoms with van der Waals surface area (Å²) >= 11 is 0. The Bertz CT molecular complexity index is 304. The van der Waals surface area contributed by atoms with Crippen molar-refractivity contribution in [1.29, 1.82) is 0 Å². The van der Waals surface area contributed by atoms with Crippen molar-refractivity contribution in [2.75, 3.05) is 39.8 Å². The van der Waals surface area contributed by atoms with Crippen molar-refractivity contribution < 1.29 is 4.79 Å². The highest BCUT2D eigenvalue weighted by molar-refractivity contribution is 5.78. The molecule has 124 valence electrons. The molecule has 1 amide bonds. The second-order valence-electron chi connectivity index (χ2n) is 7.54. The normalized spacial score (nSPS) is 17.5. The van der Waals surface area contributed by atoms with Crippen LogP contribution in [0, 0.1) is 5.92 Å². The molecule has 1 saturated heterocycles. The summed E-state index contributed by atoms with van der Waals surface area (Å²) in [5.41, 5.74) is 0.00989. The van der Waals surface area contributed by atoms with Crippen LogP contribution in [0.15, 0.2) is 0 Å². The summed E-state index contributed by atoms with van der Waals surface area (Å²) in [6.45, 7) is 13.2. The van der Waals surface area contributed by atoms with Gasteiger partial charge in [0.1, 0.15) is 0 Å². The largest absolute Gasteiger partial charge is 0.342 e. The van der Waals surface area contributed by atoms with E-state index in [0.29, 0.717) is 6.54 Å². The molecule has 4 nitrogen and oxygen atoms in total. The van der Waals surface area contributed by atoms with E-state index in [1.54, 1.807) is 0 Å². The number of carbonyl (C=O) groups excluding carboxylic acids is 1. The van der Waals surface area contributed by atoms with Crippen LogP contribution in [-0.4, -0.2) is 61.0 Å².